The summed E-state index contributed by atoms with van der Waals surface area (Å²) >= 11 is 0. The highest BCUT2D eigenvalue weighted by atomic mass is 16.7. The number of esters is 4. The van der Waals surface area contributed by atoms with Crippen molar-refractivity contribution in [2.75, 3.05) is 6.61 Å². The highest BCUT2D eigenvalue weighted by molar-refractivity contribution is 5.78. The number of carbonyl (C=O) groups excluding carboxylic acids is 4. The van der Waals surface area contributed by atoms with Gasteiger partial charge in [-0.1, -0.05) is 38.5 Å². The van der Waals surface area contributed by atoms with Gasteiger partial charge in [0.2, 0.25) is 0 Å². The molecule has 0 bridgehead atoms. The first-order valence-electron chi connectivity index (χ1n) is 23.2. The van der Waals surface area contributed by atoms with Crippen LogP contribution in [0.2, 0.25) is 0 Å². The number of carbonyl (C=O) groups is 4. The molecule has 0 saturated carbocycles. The summed E-state index contributed by atoms with van der Waals surface area (Å²) in [5.41, 5.74) is -2.84. The van der Waals surface area contributed by atoms with E-state index in [1.54, 1.807) is 0 Å². The average Bonchev–Trinajstić information content (AvgIpc) is 3.64. The van der Waals surface area contributed by atoms with E-state index in [-0.39, 0.29) is 45.6 Å². The molecule has 0 radical (unpaired) electrons. The van der Waals surface area contributed by atoms with Gasteiger partial charge in [-0.05, 0) is 156 Å². The second-order valence-corrected chi connectivity index (χ2v) is 24.0. The first kappa shape index (κ1) is 50.4. The van der Waals surface area contributed by atoms with E-state index in [4.69, 9.17) is 18.9 Å². The largest absolute Gasteiger partial charge is 0.465 e. The fraction of sp³-hybridized carbons (Fsp3) is 0.917. The average molecular weight is 847 g/mol. The van der Waals surface area contributed by atoms with Gasteiger partial charge in [0.1, 0.15) is 0 Å². The Labute approximate surface area is 363 Å². The minimum absolute atomic E-state index is 0.0776. The van der Waals surface area contributed by atoms with E-state index in [2.05, 4.69) is 90.5 Å². The Balaban J connectivity index is 1.39. The molecule has 0 aromatic heterocycles. The molecule has 4 N–H and O–H groups in total. The summed E-state index contributed by atoms with van der Waals surface area (Å²) in [7, 11) is 0. The molecule has 60 heavy (non-hydrogen) atoms. The van der Waals surface area contributed by atoms with Crippen LogP contribution in [-0.2, 0) is 38.1 Å². The van der Waals surface area contributed by atoms with E-state index in [1.165, 1.54) is 0 Å². The van der Waals surface area contributed by atoms with Gasteiger partial charge in [0.25, 0.3) is 6.29 Å². The van der Waals surface area contributed by atoms with Gasteiger partial charge in [0.05, 0.1) is 30.3 Å². The van der Waals surface area contributed by atoms with E-state index in [0.29, 0.717) is 38.7 Å². The van der Waals surface area contributed by atoms with Gasteiger partial charge < -0.3 is 40.2 Å². The van der Waals surface area contributed by atoms with Gasteiger partial charge in [-0.2, -0.15) is 0 Å². The Morgan fingerprint density at radius 1 is 0.417 bits per heavy atom. The lowest BCUT2D eigenvalue weighted by Crippen LogP contribution is -2.50. The second kappa shape index (κ2) is 18.4. The molecule has 4 aliphatic rings. The van der Waals surface area contributed by atoms with Crippen molar-refractivity contribution in [1.82, 2.24) is 21.3 Å². The normalized spacial score (nSPS) is 29.7. The van der Waals surface area contributed by atoms with Crippen LogP contribution in [0.3, 0.4) is 0 Å². The first-order valence-corrected chi connectivity index (χ1v) is 23.2. The lowest BCUT2D eigenvalue weighted by Gasteiger charge is -2.33. The molecule has 4 rings (SSSR count). The summed E-state index contributed by atoms with van der Waals surface area (Å²) in [6, 6.07) is 0. The summed E-state index contributed by atoms with van der Waals surface area (Å²) < 4.78 is 24.6. The van der Waals surface area contributed by atoms with Gasteiger partial charge in [0, 0.05) is 44.3 Å². The maximum Gasteiger partial charge on any atom is 0.314 e. The molecule has 5 unspecified atom stereocenters. The highest BCUT2D eigenvalue weighted by Crippen LogP contribution is 2.41. The number of unbranched alkanes of at least 4 members (excludes halogenated alkanes) is 7. The van der Waals surface area contributed by atoms with Crippen LogP contribution in [0.15, 0.2) is 0 Å². The fourth-order valence-electron chi connectivity index (χ4n) is 11.4. The Hall–Kier alpha value is -2.28. The van der Waals surface area contributed by atoms with E-state index in [0.717, 1.165) is 51.4 Å². The van der Waals surface area contributed by atoms with Crippen molar-refractivity contribution in [1.29, 1.82) is 0 Å². The third kappa shape index (κ3) is 13.4. The van der Waals surface area contributed by atoms with Crippen LogP contribution in [-0.4, -0.2) is 87.2 Å². The van der Waals surface area contributed by atoms with E-state index in [9.17, 15) is 19.2 Å². The number of ether oxygens (including phenoxy) is 4. The molecular formula is C48H86N4O8. The van der Waals surface area contributed by atoms with Gasteiger partial charge in [0.15, 0.2) is 6.10 Å². The second-order valence-electron chi connectivity index (χ2n) is 24.0. The Morgan fingerprint density at radius 3 is 1.02 bits per heavy atom. The maximum atomic E-state index is 14.2. The first-order chi connectivity index (χ1) is 27.3. The molecule has 0 aromatic carbocycles. The Bertz CT molecular complexity index is 1480. The van der Waals surface area contributed by atoms with Crippen molar-refractivity contribution < 1.29 is 38.1 Å². The van der Waals surface area contributed by atoms with Crippen LogP contribution in [0.25, 0.3) is 0 Å². The predicted octanol–water partition coefficient (Wildman–Crippen LogP) is 8.03. The maximum absolute atomic E-state index is 14.2. The molecule has 4 saturated heterocycles. The van der Waals surface area contributed by atoms with E-state index < -0.39 is 58.7 Å². The van der Waals surface area contributed by atoms with Crippen LogP contribution in [0, 0.1) is 23.7 Å². The molecule has 346 valence electrons. The summed E-state index contributed by atoms with van der Waals surface area (Å²) in [6.07, 6.45) is 8.07. The summed E-state index contributed by atoms with van der Waals surface area (Å²) in [6.45, 7) is 33.2. The number of rotatable bonds is 19. The quantitative estimate of drug-likeness (QED) is 0.0431. The standard InChI is InChI=1S/C48H86N4O8/c1-41(2)27-31(45(9,10)49-41)36(53)57-26-24-22-20-18-17-19-21-23-25-35(58-37(54)32-28-42(3,4)50-46(32,11)12)40(59-38(55)33-29-43(5,6)51-47(33,13)14)60-39(56)34-30-44(7,8)52-48(34,15)16/h31-35,40,49-52H,17-30H2,1-16H3. The number of nitrogens with one attached hydrogen (secondary N) is 4. The Kier molecular flexibility index (Phi) is 15.5. The van der Waals surface area contributed by atoms with Crippen molar-refractivity contribution in [3.05, 3.63) is 0 Å². The summed E-state index contributed by atoms with van der Waals surface area (Å²) in [4.78, 5) is 55.3. The zero-order chi connectivity index (χ0) is 45.3. The minimum atomic E-state index is -1.39. The van der Waals surface area contributed by atoms with Gasteiger partial charge >= 0.3 is 23.9 Å². The Morgan fingerprint density at radius 2 is 0.700 bits per heavy atom. The molecule has 0 amide bonds. The highest BCUT2D eigenvalue weighted by Gasteiger charge is 2.54. The molecule has 12 nitrogen and oxygen atoms in total. The molecule has 4 aliphatic heterocycles. The SMILES string of the molecule is CC1(C)CC(C(=O)OCCCCCCCCCCC(OC(=O)C2CC(C)(C)NC2(C)C)C(OC(=O)C2CC(C)(C)NC2(C)C)OC(=O)C2CC(C)(C)NC2(C)C)C(C)(C)N1. The monoisotopic (exact) mass is 847 g/mol. The van der Waals surface area contributed by atoms with Crippen molar-refractivity contribution in [3.63, 3.8) is 0 Å². The molecule has 0 spiro atoms. The lowest BCUT2D eigenvalue weighted by molar-refractivity contribution is -0.222. The lowest BCUT2D eigenvalue weighted by atomic mass is 9.87. The minimum Gasteiger partial charge on any atom is -0.465 e. The third-order valence-corrected chi connectivity index (χ3v) is 13.8. The third-order valence-electron chi connectivity index (χ3n) is 13.8. The molecule has 12 heteroatoms. The van der Waals surface area contributed by atoms with Crippen LogP contribution in [0.1, 0.15) is 194 Å². The predicted molar refractivity (Wildman–Crippen MR) is 236 cm³/mol. The summed E-state index contributed by atoms with van der Waals surface area (Å²) in [5, 5.41) is 14.2. The van der Waals surface area contributed by atoms with Crippen LogP contribution in [0.5, 0.6) is 0 Å². The van der Waals surface area contributed by atoms with Crippen molar-refractivity contribution in [2.24, 2.45) is 23.7 Å². The summed E-state index contributed by atoms with van der Waals surface area (Å²) in [5.74, 6) is -3.00. The number of hydrogen-bond acceptors (Lipinski definition) is 12. The molecule has 0 aromatic rings. The zero-order valence-electron chi connectivity index (χ0n) is 40.6. The fourth-order valence-corrected chi connectivity index (χ4v) is 11.4. The van der Waals surface area contributed by atoms with Crippen LogP contribution >= 0.6 is 0 Å². The van der Waals surface area contributed by atoms with Crippen molar-refractivity contribution in [3.8, 4) is 0 Å². The van der Waals surface area contributed by atoms with E-state index >= 15 is 0 Å². The van der Waals surface area contributed by atoms with Crippen molar-refractivity contribution in [2.45, 2.75) is 251 Å². The van der Waals surface area contributed by atoms with Gasteiger partial charge in [-0.15, -0.1) is 0 Å². The molecule has 4 heterocycles. The number of hydrogen-bond donors (Lipinski definition) is 4. The molecule has 0 aliphatic carbocycles. The van der Waals surface area contributed by atoms with Crippen molar-refractivity contribution >= 4 is 23.9 Å². The molecular weight excluding hydrogens is 761 g/mol. The van der Waals surface area contributed by atoms with Crippen LogP contribution in [0.4, 0.5) is 0 Å². The van der Waals surface area contributed by atoms with E-state index in [1.807, 2.05) is 41.5 Å². The molecule has 4 fully saturated rings. The van der Waals surface area contributed by atoms with Gasteiger partial charge in [-0.25, -0.2) is 0 Å². The topological polar surface area (TPSA) is 153 Å². The van der Waals surface area contributed by atoms with Gasteiger partial charge in [-0.3, -0.25) is 19.2 Å². The molecule has 5 atom stereocenters. The van der Waals surface area contributed by atoms with Crippen LogP contribution < -0.4 is 21.3 Å². The smallest absolute Gasteiger partial charge is 0.314 e. The zero-order valence-corrected chi connectivity index (χ0v) is 40.6.